The van der Waals surface area contributed by atoms with Gasteiger partial charge in [0.05, 0.1) is 12.8 Å². The van der Waals surface area contributed by atoms with Gasteiger partial charge in [0.25, 0.3) is 0 Å². The van der Waals surface area contributed by atoms with Crippen LogP contribution in [0.15, 0.2) is 52.5 Å². The number of aryl methyl sites for hydroxylation is 2. The molecule has 0 unspecified atom stereocenters. The summed E-state index contributed by atoms with van der Waals surface area (Å²) in [4.78, 5) is 12.9. The van der Waals surface area contributed by atoms with Gasteiger partial charge in [-0.2, -0.15) is 5.10 Å². The number of Topliss-reactive ketones (excluding diaryl/α,β-unsaturated/α-hetero) is 1. The Bertz CT molecular complexity index is 724. The zero-order chi connectivity index (χ0) is 16.8. The molecule has 2 aromatic carbocycles. The summed E-state index contributed by atoms with van der Waals surface area (Å²) in [6, 6.07) is 13.5. The Morgan fingerprint density at radius 1 is 1.13 bits per heavy atom. The summed E-state index contributed by atoms with van der Waals surface area (Å²) >= 11 is 1.38. The van der Waals surface area contributed by atoms with Crippen molar-refractivity contribution < 1.29 is 9.53 Å². The van der Waals surface area contributed by atoms with Crippen LogP contribution in [0.3, 0.4) is 0 Å². The number of benzene rings is 2. The number of carbonyl (C=O) groups excluding carboxylic acids is 1. The van der Waals surface area contributed by atoms with E-state index in [2.05, 4.69) is 22.7 Å². The van der Waals surface area contributed by atoms with Crippen LogP contribution in [0.1, 0.15) is 18.1 Å². The molecule has 1 N–H and O–H groups in total. The van der Waals surface area contributed by atoms with Crippen LogP contribution in [0.2, 0.25) is 0 Å². The highest BCUT2D eigenvalue weighted by Gasteiger charge is 2.11. The fourth-order valence-electron chi connectivity index (χ4n) is 1.88. The zero-order valence-corrected chi connectivity index (χ0v) is 14.5. The lowest BCUT2D eigenvalue weighted by atomic mass is 10.2. The number of ketones is 1. The van der Waals surface area contributed by atoms with Crippen molar-refractivity contribution in [3.8, 4) is 5.75 Å². The van der Waals surface area contributed by atoms with Gasteiger partial charge in [0.1, 0.15) is 5.75 Å². The number of methoxy groups -OCH3 is 1. The molecule has 2 aromatic rings. The normalized spacial score (nSPS) is 11.2. The number of carbonyl (C=O) groups is 1. The largest absolute Gasteiger partial charge is 0.497 e. The molecule has 0 aliphatic carbocycles. The molecular weight excluding hydrogens is 308 g/mol. The minimum absolute atomic E-state index is 0.0723. The van der Waals surface area contributed by atoms with Crippen molar-refractivity contribution in [3.05, 3.63) is 53.6 Å². The third-order valence-electron chi connectivity index (χ3n) is 3.23. The highest BCUT2D eigenvalue weighted by Crippen LogP contribution is 2.25. The summed E-state index contributed by atoms with van der Waals surface area (Å²) in [7, 11) is 1.62. The number of nitrogens with zero attached hydrogens (tertiary/aromatic N) is 1. The number of hydrazone groups is 1. The third kappa shape index (κ3) is 4.86. The molecule has 0 aliphatic heterocycles. The predicted molar refractivity (Wildman–Crippen MR) is 96.5 cm³/mol. The summed E-state index contributed by atoms with van der Waals surface area (Å²) in [5.41, 5.74) is 6.00. The smallest absolute Gasteiger partial charge is 0.186 e. The Hall–Kier alpha value is -2.27. The van der Waals surface area contributed by atoms with E-state index in [0.29, 0.717) is 5.04 Å². The lowest BCUT2D eigenvalue weighted by molar-refractivity contribution is -0.110. The molecule has 0 aliphatic rings. The molecule has 0 saturated carbocycles. The van der Waals surface area contributed by atoms with Crippen molar-refractivity contribution in [1.29, 1.82) is 0 Å². The van der Waals surface area contributed by atoms with Crippen molar-refractivity contribution in [2.45, 2.75) is 25.7 Å². The molecule has 0 spiro atoms. The maximum Gasteiger partial charge on any atom is 0.186 e. The van der Waals surface area contributed by atoms with E-state index in [9.17, 15) is 4.79 Å². The van der Waals surface area contributed by atoms with E-state index in [0.717, 1.165) is 27.5 Å². The number of ether oxygens (including phenoxy) is 1. The maximum absolute atomic E-state index is 11.9. The molecule has 0 bridgehead atoms. The number of anilines is 1. The van der Waals surface area contributed by atoms with Crippen LogP contribution in [-0.4, -0.2) is 17.9 Å². The summed E-state index contributed by atoms with van der Waals surface area (Å²) in [6.07, 6.45) is 0. The first-order valence-electron chi connectivity index (χ1n) is 7.23. The van der Waals surface area contributed by atoms with Crippen molar-refractivity contribution in [2.24, 2.45) is 5.10 Å². The Morgan fingerprint density at radius 3 is 2.43 bits per heavy atom. The SMILES string of the molecule is COc1ccc(N/N=C(/Sc2cc(C)ccc2C)C(C)=O)cc1. The minimum Gasteiger partial charge on any atom is -0.497 e. The molecule has 0 radical (unpaired) electrons. The molecule has 0 aromatic heterocycles. The van der Waals surface area contributed by atoms with Gasteiger partial charge >= 0.3 is 0 Å². The van der Waals surface area contributed by atoms with Crippen LogP contribution in [0.4, 0.5) is 5.69 Å². The predicted octanol–water partition coefficient (Wildman–Crippen LogP) is 4.42. The number of nitrogens with one attached hydrogen (secondary N) is 1. The lowest BCUT2D eigenvalue weighted by Gasteiger charge is -2.08. The van der Waals surface area contributed by atoms with Crippen LogP contribution in [0.25, 0.3) is 0 Å². The highest BCUT2D eigenvalue weighted by atomic mass is 32.2. The molecule has 0 fully saturated rings. The number of hydrogen-bond acceptors (Lipinski definition) is 5. The van der Waals surface area contributed by atoms with Crippen molar-refractivity contribution in [1.82, 2.24) is 0 Å². The van der Waals surface area contributed by atoms with E-state index < -0.39 is 0 Å². The van der Waals surface area contributed by atoms with Gasteiger partial charge in [-0.15, -0.1) is 0 Å². The minimum atomic E-state index is -0.0723. The van der Waals surface area contributed by atoms with E-state index in [1.165, 1.54) is 18.7 Å². The topological polar surface area (TPSA) is 50.7 Å². The molecule has 120 valence electrons. The van der Waals surface area contributed by atoms with Gasteiger partial charge in [0, 0.05) is 11.8 Å². The van der Waals surface area contributed by atoms with Crippen molar-refractivity contribution in [2.75, 3.05) is 12.5 Å². The molecule has 0 amide bonds. The quantitative estimate of drug-likeness (QED) is 0.382. The first-order valence-corrected chi connectivity index (χ1v) is 8.05. The van der Waals surface area contributed by atoms with Crippen molar-refractivity contribution in [3.63, 3.8) is 0 Å². The summed E-state index contributed by atoms with van der Waals surface area (Å²) < 4.78 is 5.11. The third-order valence-corrected chi connectivity index (χ3v) is 4.46. The second-order valence-electron chi connectivity index (χ2n) is 5.18. The van der Waals surface area contributed by atoms with Crippen LogP contribution >= 0.6 is 11.8 Å². The standard InChI is InChI=1S/C18H20N2O2S/c1-12-5-6-13(2)17(11-12)23-18(14(3)21)20-19-15-7-9-16(22-4)10-8-15/h5-11,19H,1-4H3/b20-18+. The van der Waals surface area contributed by atoms with Crippen LogP contribution in [-0.2, 0) is 4.79 Å². The van der Waals surface area contributed by atoms with Crippen LogP contribution in [0, 0.1) is 13.8 Å². The fraction of sp³-hybridized carbons (Fsp3) is 0.222. The molecule has 23 heavy (non-hydrogen) atoms. The van der Waals surface area contributed by atoms with Crippen LogP contribution < -0.4 is 10.2 Å². The monoisotopic (exact) mass is 328 g/mol. The second kappa shape index (κ2) is 7.83. The average Bonchev–Trinajstić information content (AvgIpc) is 2.54. The van der Waals surface area contributed by atoms with Crippen LogP contribution in [0.5, 0.6) is 5.75 Å². The van der Waals surface area contributed by atoms with E-state index in [4.69, 9.17) is 4.74 Å². The van der Waals surface area contributed by atoms with Crippen molar-refractivity contribution >= 4 is 28.3 Å². The lowest BCUT2D eigenvalue weighted by Crippen LogP contribution is -2.08. The summed E-state index contributed by atoms with van der Waals surface area (Å²) in [6.45, 7) is 5.58. The number of rotatable bonds is 5. The molecule has 0 saturated heterocycles. The van der Waals surface area contributed by atoms with Gasteiger partial charge < -0.3 is 4.74 Å². The first-order chi connectivity index (χ1) is 11.0. The fourth-order valence-corrected chi connectivity index (χ4v) is 2.79. The molecule has 5 heteroatoms. The van der Waals surface area contributed by atoms with E-state index >= 15 is 0 Å². The van der Waals surface area contributed by atoms with Gasteiger partial charge in [-0.1, -0.05) is 23.9 Å². The Balaban J connectivity index is 2.16. The van der Waals surface area contributed by atoms with Gasteiger partial charge in [-0.3, -0.25) is 10.2 Å². The molecule has 0 heterocycles. The van der Waals surface area contributed by atoms with E-state index in [-0.39, 0.29) is 5.78 Å². The van der Waals surface area contributed by atoms with Gasteiger partial charge in [0.15, 0.2) is 10.8 Å². The maximum atomic E-state index is 11.9. The molecular formula is C18H20N2O2S. The zero-order valence-electron chi connectivity index (χ0n) is 13.7. The van der Waals surface area contributed by atoms with Gasteiger partial charge in [-0.25, -0.2) is 0 Å². The van der Waals surface area contributed by atoms with Gasteiger partial charge in [0.2, 0.25) is 0 Å². The number of hydrogen-bond donors (Lipinski definition) is 1. The number of thioether (sulfide) groups is 1. The Kier molecular flexibility index (Phi) is 5.82. The van der Waals surface area contributed by atoms with Gasteiger partial charge in [-0.05, 0) is 55.3 Å². The average molecular weight is 328 g/mol. The Morgan fingerprint density at radius 2 is 1.83 bits per heavy atom. The highest BCUT2D eigenvalue weighted by molar-refractivity contribution is 8.15. The van der Waals surface area contributed by atoms with E-state index in [1.54, 1.807) is 7.11 Å². The summed E-state index contributed by atoms with van der Waals surface area (Å²) in [5, 5.41) is 4.68. The van der Waals surface area contributed by atoms with E-state index in [1.807, 2.05) is 44.2 Å². The molecule has 4 nitrogen and oxygen atoms in total. The summed E-state index contributed by atoms with van der Waals surface area (Å²) in [5.74, 6) is 0.702. The second-order valence-corrected chi connectivity index (χ2v) is 6.22. The molecule has 0 atom stereocenters. The first kappa shape index (κ1) is 17.1. The molecule has 2 rings (SSSR count). The Labute approximate surface area is 140 Å².